The number of aryl methyl sites for hydroxylation is 1. The van der Waals surface area contributed by atoms with Crippen molar-refractivity contribution in [3.05, 3.63) is 71.2 Å². The molecule has 0 aliphatic rings. The molecule has 4 heteroatoms. The highest BCUT2D eigenvalue weighted by Crippen LogP contribution is 2.24. The van der Waals surface area contributed by atoms with Gasteiger partial charge in [-0.15, -0.1) is 11.3 Å². The van der Waals surface area contributed by atoms with Crippen LogP contribution in [0.2, 0.25) is 0 Å². The summed E-state index contributed by atoms with van der Waals surface area (Å²) < 4.78 is 0.951. The maximum atomic E-state index is 12.2. The maximum absolute atomic E-state index is 12.2. The first kappa shape index (κ1) is 15.0. The van der Waals surface area contributed by atoms with E-state index >= 15 is 0 Å². The molecule has 1 heterocycles. The van der Waals surface area contributed by atoms with Crippen LogP contribution in [-0.4, -0.2) is 16.5 Å². The van der Waals surface area contributed by atoms with Crippen LogP contribution in [0.3, 0.4) is 0 Å². The molecule has 0 saturated heterocycles. The standard InChI is InChI=1S/C18H15NOS2/c1-13-11-21-18(19-13)22-12-17(20)16-9-7-15(8-10-16)14-5-3-2-4-6-14/h2-11H,12H2,1H3. The van der Waals surface area contributed by atoms with Gasteiger partial charge in [-0.3, -0.25) is 4.79 Å². The van der Waals surface area contributed by atoms with Gasteiger partial charge in [0, 0.05) is 16.6 Å². The monoisotopic (exact) mass is 325 g/mol. The van der Waals surface area contributed by atoms with Crippen LogP contribution in [0.1, 0.15) is 16.1 Å². The summed E-state index contributed by atoms with van der Waals surface area (Å²) in [5.41, 5.74) is 4.04. The van der Waals surface area contributed by atoms with E-state index in [0.717, 1.165) is 26.7 Å². The van der Waals surface area contributed by atoms with Crippen molar-refractivity contribution < 1.29 is 4.79 Å². The lowest BCUT2D eigenvalue weighted by Gasteiger charge is -2.03. The van der Waals surface area contributed by atoms with Gasteiger partial charge >= 0.3 is 0 Å². The van der Waals surface area contributed by atoms with Crippen LogP contribution in [-0.2, 0) is 0 Å². The Kier molecular flexibility index (Phi) is 4.71. The van der Waals surface area contributed by atoms with Crippen LogP contribution in [0.15, 0.2) is 64.3 Å². The highest BCUT2D eigenvalue weighted by atomic mass is 32.2. The number of ketones is 1. The predicted molar refractivity (Wildman–Crippen MR) is 93.8 cm³/mol. The van der Waals surface area contributed by atoms with E-state index in [1.807, 2.05) is 54.8 Å². The van der Waals surface area contributed by atoms with Crippen molar-refractivity contribution in [3.63, 3.8) is 0 Å². The minimum Gasteiger partial charge on any atom is -0.293 e. The smallest absolute Gasteiger partial charge is 0.173 e. The Bertz CT molecular complexity index is 763. The molecule has 0 radical (unpaired) electrons. The van der Waals surface area contributed by atoms with Gasteiger partial charge in [0.15, 0.2) is 10.1 Å². The maximum Gasteiger partial charge on any atom is 0.173 e. The number of carbonyl (C=O) groups is 1. The minimum absolute atomic E-state index is 0.137. The van der Waals surface area contributed by atoms with Crippen LogP contribution in [0.25, 0.3) is 11.1 Å². The van der Waals surface area contributed by atoms with Crippen LogP contribution >= 0.6 is 23.1 Å². The molecule has 0 atom stereocenters. The molecule has 0 aliphatic carbocycles. The summed E-state index contributed by atoms with van der Waals surface area (Å²) in [6, 6.07) is 18.0. The molecule has 2 nitrogen and oxygen atoms in total. The summed E-state index contributed by atoms with van der Waals surface area (Å²) in [6.45, 7) is 1.96. The van der Waals surface area contributed by atoms with E-state index in [4.69, 9.17) is 0 Å². The van der Waals surface area contributed by atoms with E-state index < -0.39 is 0 Å². The normalized spacial score (nSPS) is 10.6. The molecule has 0 bridgehead atoms. The average Bonchev–Trinajstić information content (AvgIpc) is 2.99. The fourth-order valence-corrected chi connectivity index (χ4v) is 3.83. The molecular weight excluding hydrogens is 310 g/mol. The number of hydrogen-bond donors (Lipinski definition) is 0. The molecule has 22 heavy (non-hydrogen) atoms. The fraction of sp³-hybridized carbons (Fsp3) is 0.111. The summed E-state index contributed by atoms with van der Waals surface area (Å²) >= 11 is 3.09. The Balaban J connectivity index is 1.66. The molecule has 3 rings (SSSR count). The van der Waals surface area contributed by atoms with E-state index in [0.29, 0.717) is 5.75 Å². The number of carbonyl (C=O) groups excluding carboxylic acids is 1. The molecular formula is C18H15NOS2. The summed E-state index contributed by atoms with van der Waals surface area (Å²) in [5.74, 6) is 0.565. The molecule has 110 valence electrons. The Hall–Kier alpha value is -1.91. The lowest BCUT2D eigenvalue weighted by atomic mass is 10.0. The Labute approximate surface area is 138 Å². The molecule has 2 aromatic carbocycles. The zero-order valence-electron chi connectivity index (χ0n) is 12.2. The van der Waals surface area contributed by atoms with Gasteiger partial charge in [0.1, 0.15) is 0 Å². The van der Waals surface area contributed by atoms with E-state index in [1.54, 1.807) is 11.3 Å². The molecule has 0 amide bonds. The average molecular weight is 325 g/mol. The third kappa shape index (κ3) is 3.64. The minimum atomic E-state index is 0.137. The topological polar surface area (TPSA) is 30.0 Å². The summed E-state index contributed by atoms with van der Waals surface area (Å²) in [7, 11) is 0. The fourth-order valence-electron chi connectivity index (χ4n) is 2.09. The van der Waals surface area contributed by atoms with Crippen molar-refractivity contribution in [2.24, 2.45) is 0 Å². The third-order valence-corrected chi connectivity index (χ3v) is 5.38. The molecule has 0 spiro atoms. The summed E-state index contributed by atoms with van der Waals surface area (Å²) in [5, 5.41) is 2.00. The van der Waals surface area contributed by atoms with Gasteiger partial charge < -0.3 is 0 Å². The van der Waals surface area contributed by atoms with Gasteiger partial charge in [-0.1, -0.05) is 66.4 Å². The molecule has 0 saturated carbocycles. The molecule has 0 N–H and O–H groups in total. The SMILES string of the molecule is Cc1csc(SCC(=O)c2ccc(-c3ccccc3)cc2)n1. The van der Waals surface area contributed by atoms with E-state index in [9.17, 15) is 4.79 Å². The van der Waals surface area contributed by atoms with Crippen molar-refractivity contribution in [2.75, 3.05) is 5.75 Å². The Morgan fingerprint density at radius 2 is 1.73 bits per heavy atom. The van der Waals surface area contributed by atoms with Crippen LogP contribution < -0.4 is 0 Å². The second kappa shape index (κ2) is 6.90. The van der Waals surface area contributed by atoms with E-state index in [-0.39, 0.29) is 5.78 Å². The van der Waals surface area contributed by atoms with Gasteiger partial charge in [0.25, 0.3) is 0 Å². The number of thioether (sulfide) groups is 1. The quantitative estimate of drug-likeness (QED) is 0.483. The van der Waals surface area contributed by atoms with Gasteiger partial charge in [0.2, 0.25) is 0 Å². The summed E-state index contributed by atoms with van der Waals surface area (Å²) in [4.78, 5) is 16.6. The highest BCUT2D eigenvalue weighted by molar-refractivity contribution is 8.01. The summed E-state index contributed by atoms with van der Waals surface area (Å²) in [6.07, 6.45) is 0. The first-order valence-electron chi connectivity index (χ1n) is 6.96. The molecule has 3 aromatic rings. The van der Waals surface area contributed by atoms with Crippen molar-refractivity contribution in [2.45, 2.75) is 11.3 Å². The second-order valence-electron chi connectivity index (χ2n) is 4.91. The number of hydrogen-bond acceptors (Lipinski definition) is 4. The predicted octanol–water partition coefficient (Wildman–Crippen LogP) is 5.09. The number of aromatic nitrogens is 1. The van der Waals surface area contributed by atoms with Crippen molar-refractivity contribution in [1.82, 2.24) is 4.98 Å². The number of nitrogens with zero attached hydrogens (tertiary/aromatic N) is 1. The zero-order valence-corrected chi connectivity index (χ0v) is 13.8. The number of rotatable bonds is 5. The lowest BCUT2D eigenvalue weighted by Crippen LogP contribution is -2.01. The van der Waals surface area contributed by atoms with Crippen molar-refractivity contribution in [1.29, 1.82) is 0 Å². The molecule has 0 aliphatic heterocycles. The van der Waals surface area contributed by atoms with Crippen molar-refractivity contribution >= 4 is 28.9 Å². The van der Waals surface area contributed by atoms with Crippen LogP contribution in [0, 0.1) is 6.92 Å². The third-order valence-electron chi connectivity index (χ3n) is 3.24. The second-order valence-corrected chi connectivity index (χ2v) is 6.99. The van der Waals surface area contributed by atoms with Gasteiger partial charge in [-0.2, -0.15) is 0 Å². The zero-order chi connectivity index (χ0) is 15.4. The molecule has 0 fully saturated rings. The van der Waals surface area contributed by atoms with Gasteiger partial charge in [0.05, 0.1) is 5.75 Å². The Morgan fingerprint density at radius 3 is 2.36 bits per heavy atom. The number of benzene rings is 2. The Morgan fingerprint density at radius 1 is 1.05 bits per heavy atom. The van der Waals surface area contributed by atoms with E-state index in [1.165, 1.54) is 11.8 Å². The van der Waals surface area contributed by atoms with Crippen LogP contribution in [0.5, 0.6) is 0 Å². The first-order chi connectivity index (χ1) is 10.7. The van der Waals surface area contributed by atoms with Crippen LogP contribution in [0.4, 0.5) is 0 Å². The van der Waals surface area contributed by atoms with E-state index in [2.05, 4.69) is 17.1 Å². The number of thiazole rings is 1. The number of Topliss-reactive ketones (excluding diaryl/α,β-unsaturated/α-hetero) is 1. The highest BCUT2D eigenvalue weighted by Gasteiger charge is 2.08. The first-order valence-corrected chi connectivity index (χ1v) is 8.82. The van der Waals surface area contributed by atoms with Gasteiger partial charge in [-0.05, 0) is 18.1 Å². The molecule has 0 unspecified atom stereocenters. The van der Waals surface area contributed by atoms with Gasteiger partial charge in [-0.25, -0.2) is 4.98 Å². The van der Waals surface area contributed by atoms with Crippen molar-refractivity contribution in [3.8, 4) is 11.1 Å². The largest absolute Gasteiger partial charge is 0.293 e. The lowest BCUT2D eigenvalue weighted by molar-refractivity contribution is 0.102. The molecule has 1 aromatic heterocycles.